The van der Waals surface area contributed by atoms with E-state index in [2.05, 4.69) is 0 Å². The van der Waals surface area contributed by atoms with Gasteiger partial charge in [0, 0.05) is 4.92 Å². The third-order valence-corrected chi connectivity index (χ3v) is 2.27. The molecule has 0 radical (unpaired) electrons. The van der Waals surface area contributed by atoms with E-state index < -0.39 is 29.3 Å². The van der Waals surface area contributed by atoms with Crippen molar-refractivity contribution in [2.75, 3.05) is 13.2 Å². The second-order valence-corrected chi connectivity index (χ2v) is 3.02. The highest BCUT2D eigenvalue weighted by atomic mass is 16.7. The first-order chi connectivity index (χ1) is 5.70. The zero-order valence-electron chi connectivity index (χ0n) is 6.25. The molecule has 0 aromatic rings. The molecule has 2 saturated heterocycles. The Balaban J connectivity index is 2.10. The first-order valence-electron chi connectivity index (χ1n) is 3.75. The van der Waals surface area contributed by atoms with E-state index >= 15 is 0 Å². The van der Waals surface area contributed by atoms with Crippen LogP contribution in [0.2, 0.25) is 0 Å². The maximum Gasteiger partial charge on any atom is 0.264 e. The fraction of sp³-hybridized carbons (Fsp3) is 1.00. The lowest BCUT2D eigenvalue weighted by molar-refractivity contribution is -0.529. The second-order valence-electron chi connectivity index (χ2n) is 3.02. The summed E-state index contributed by atoms with van der Waals surface area (Å²) in [6.45, 7) is 0.180. The van der Waals surface area contributed by atoms with Gasteiger partial charge in [-0.15, -0.1) is 0 Å². The number of hydrogen-bond donors (Lipinski definition) is 1. The van der Waals surface area contributed by atoms with Gasteiger partial charge in [0.1, 0.15) is 18.8 Å². The van der Waals surface area contributed by atoms with Gasteiger partial charge in [-0.25, -0.2) is 0 Å². The second kappa shape index (κ2) is 2.65. The van der Waals surface area contributed by atoms with Crippen LogP contribution in [0.25, 0.3) is 0 Å². The summed E-state index contributed by atoms with van der Waals surface area (Å²) in [5.74, 6) is 0. The minimum atomic E-state index is -0.813. The SMILES string of the molecule is O=[N+]([O-])C1COC2C(O)COC21. The number of aliphatic hydroxyl groups excluding tert-OH is 1. The van der Waals surface area contributed by atoms with Gasteiger partial charge in [-0.2, -0.15) is 0 Å². The van der Waals surface area contributed by atoms with E-state index in [1.165, 1.54) is 0 Å². The Morgan fingerprint density at radius 3 is 2.67 bits per heavy atom. The first kappa shape index (κ1) is 7.90. The molecule has 4 unspecified atom stereocenters. The number of fused-ring (bicyclic) bond motifs is 1. The summed E-state index contributed by atoms with van der Waals surface area (Å²) in [4.78, 5) is 10.0. The lowest BCUT2D eigenvalue weighted by atomic mass is 10.1. The van der Waals surface area contributed by atoms with E-state index in [1.807, 2.05) is 0 Å². The molecule has 0 spiro atoms. The number of hydrogen-bond acceptors (Lipinski definition) is 5. The summed E-state index contributed by atoms with van der Waals surface area (Å²) < 4.78 is 10.1. The zero-order valence-corrected chi connectivity index (χ0v) is 6.25. The van der Waals surface area contributed by atoms with E-state index in [9.17, 15) is 15.2 Å². The molecule has 0 amide bonds. The first-order valence-corrected chi connectivity index (χ1v) is 3.75. The third-order valence-electron chi connectivity index (χ3n) is 2.27. The smallest absolute Gasteiger partial charge is 0.264 e. The standard InChI is InChI=1S/C6H9NO5/c8-4-2-12-5-3(7(9)10)1-11-6(4)5/h3-6,8H,1-2H2. The maximum absolute atomic E-state index is 10.4. The molecule has 2 aliphatic rings. The lowest BCUT2D eigenvalue weighted by Gasteiger charge is -2.08. The van der Waals surface area contributed by atoms with Crippen molar-refractivity contribution in [1.29, 1.82) is 0 Å². The van der Waals surface area contributed by atoms with Crippen molar-refractivity contribution in [2.24, 2.45) is 0 Å². The molecule has 4 atom stereocenters. The number of ether oxygens (including phenoxy) is 2. The molecule has 2 rings (SSSR count). The Labute approximate surface area is 68.2 Å². The average Bonchev–Trinajstić information content (AvgIpc) is 2.53. The van der Waals surface area contributed by atoms with E-state index in [-0.39, 0.29) is 13.2 Å². The van der Waals surface area contributed by atoms with Crippen LogP contribution >= 0.6 is 0 Å². The quantitative estimate of drug-likeness (QED) is 0.399. The van der Waals surface area contributed by atoms with Crippen molar-refractivity contribution >= 4 is 0 Å². The average molecular weight is 175 g/mol. The Hall–Kier alpha value is -0.720. The van der Waals surface area contributed by atoms with Gasteiger partial charge >= 0.3 is 0 Å². The predicted octanol–water partition coefficient (Wildman–Crippen LogP) is -1.21. The van der Waals surface area contributed by atoms with Crippen LogP contribution in [-0.4, -0.2) is 47.6 Å². The minimum Gasteiger partial charge on any atom is -0.388 e. The van der Waals surface area contributed by atoms with Crippen molar-refractivity contribution in [3.05, 3.63) is 10.1 Å². The van der Waals surface area contributed by atoms with E-state index in [0.29, 0.717) is 0 Å². The van der Waals surface area contributed by atoms with Gasteiger partial charge in [0.15, 0.2) is 6.10 Å². The number of nitro groups is 1. The topological polar surface area (TPSA) is 81.8 Å². The normalized spacial score (nSPS) is 46.1. The van der Waals surface area contributed by atoms with E-state index in [1.54, 1.807) is 0 Å². The molecule has 0 aromatic heterocycles. The van der Waals surface area contributed by atoms with Crippen LogP contribution in [0.15, 0.2) is 0 Å². The molecule has 1 N–H and O–H groups in total. The summed E-state index contributed by atoms with van der Waals surface area (Å²) in [5, 5.41) is 19.6. The van der Waals surface area contributed by atoms with Crippen LogP contribution in [-0.2, 0) is 9.47 Å². The Kier molecular flexibility index (Phi) is 1.75. The third kappa shape index (κ3) is 0.996. The van der Waals surface area contributed by atoms with Crippen molar-refractivity contribution < 1.29 is 19.5 Å². The monoisotopic (exact) mass is 175 g/mol. The van der Waals surface area contributed by atoms with Gasteiger partial charge in [-0.1, -0.05) is 0 Å². The van der Waals surface area contributed by atoms with Crippen molar-refractivity contribution in [3.63, 3.8) is 0 Å². The fourth-order valence-corrected chi connectivity index (χ4v) is 1.64. The molecule has 0 aromatic carbocycles. The molecule has 0 saturated carbocycles. The highest BCUT2D eigenvalue weighted by molar-refractivity contribution is 4.94. The lowest BCUT2D eigenvalue weighted by Crippen LogP contribution is -2.35. The number of rotatable bonds is 1. The van der Waals surface area contributed by atoms with E-state index in [0.717, 1.165) is 0 Å². The summed E-state index contributed by atoms with van der Waals surface area (Å²) >= 11 is 0. The molecule has 12 heavy (non-hydrogen) atoms. The van der Waals surface area contributed by atoms with Crippen molar-refractivity contribution in [2.45, 2.75) is 24.4 Å². The molecule has 0 aliphatic carbocycles. The van der Waals surface area contributed by atoms with E-state index in [4.69, 9.17) is 9.47 Å². The molecule has 2 aliphatic heterocycles. The van der Waals surface area contributed by atoms with Gasteiger partial charge in [0.2, 0.25) is 0 Å². The number of nitrogens with zero attached hydrogens (tertiary/aromatic N) is 1. The largest absolute Gasteiger partial charge is 0.388 e. The Morgan fingerprint density at radius 1 is 1.33 bits per heavy atom. The molecule has 2 heterocycles. The van der Waals surface area contributed by atoms with Crippen LogP contribution in [0.5, 0.6) is 0 Å². The molecule has 68 valence electrons. The van der Waals surface area contributed by atoms with Gasteiger partial charge < -0.3 is 14.6 Å². The van der Waals surface area contributed by atoms with Gasteiger partial charge in [-0.3, -0.25) is 10.1 Å². The molecule has 6 heteroatoms. The van der Waals surface area contributed by atoms with Gasteiger partial charge in [0.25, 0.3) is 6.04 Å². The Morgan fingerprint density at radius 2 is 2.00 bits per heavy atom. The highest BCUT2D eigenvalue weighted by Gasteiger charge is 2.52. The molecular formula is C6H9NO5. The molecular weight excluding hydrogens is 166 g/mol. The van der Waals surface area contributed by atoms with Crippen molar-refractivity contribution in [3.8, 4) is 0 Å². The summed E-state index contributed by atoms with van der Waals surface area (Å²) in [6, 6.07) is -0.813. The van der Waals surface area contributed by atoms with Crippen LogP contribution in [0.3, 0.4) is 0 Å². The molecule has 0 bridgehead atoms. The minimum absolute atomic E-state index is 0.0411. The highest BCUT2D eigenvalue weighted by Crippen LogP contribution is 2.28. The summed E-state index contributed by atoms with van der Waals surface area (Å²) in [7, 11) is 0. The van der Waals surface area contributed by atoms with Crippen molar-refractivity contribution in [1.82, 2.24) is 0 Å². The van der Waals surface area contributed by atoms with Crippen LogP contribution in [0.4, 0.5) is 0 Å². The van der Waals surface area contributed by atoms with Crippen LogP contribution in [0, 0.1) is 10.1 Å². The zero-order chi connectivity index (χ0) is 8.72. The summed E-state index contributed by atoms with van der Waals surface area (Å²) in [5.41, 5.74) is 0. The molecule has 2 fully saturated rings. The van der Waals surface area contributed by atoms with Gasteiger partial charge in [-0.05, 0) is 0 Å². The van der Waals surface area contributed by atoms with Crippen LogP contribution in [0.1, 0.15) is 0 Å². The fourth-order valence-electron chi connectivity index (χ4n) is 1.64. The van der Waals surface area contributed by atoms with Crippen LogP contribution < -0.4 is 0 Å². The molecule has 6 nitrogen and oxygen atoms in total. The predicted molar refractivity (Wildman–Crippen MR) is 36.3 cm³/mol. The summed E-state index contributed by atoms with van der Waals surface area (Å²) in [6.07, 6.45) is -1.77. The Bertz CT molecular complexity index is 208. The van der Waals surface area contributed by atoms with Gasteiger partial charge in [0.05, 0.1) is 6.61 Å². The number of aliphatic hydroxyl groups is 1. The maximum atomic E-state index is 10.4.